The molecule has 2 aromatic carbocycles. The van der Waals surface area contributed by atoms with Crippen LogP contribution in [0.25, 0.3) is 0 Å². The predicted molar refractivity (Wildman–Crippen MR) is 110 cm³/mol. The third-order valence-electron chi connectivity index (χ3n) is 3.99. The highest BCUT2D eigenvalue weighted by Gasteiger charge is 2.40. The number of carbonyl (C=O) groups is 2. The van der Waals surface area contributed by atoms with Crippen LogP contribution >= 0.6 is 23.4 Å². The summed E-state index contributed by atoms with van der Waals surface area (Å²) in [7, 11) is 3.24. The van der Waals surface area contributed by atoms with E-state index in [2.05, 4.69) is 10.3 Å². The molecular weight excluding hydrogens is 386 g/mol. The van der Waals surface area contributed by atoms with Crippen molar-refractivity contribution in [3.63, 3.8) is 0 Å². The lowest BCUT2D eigenvalue weighted by Gasteiger charge is -2.16. The summed E-state index contributed by atoms with van der Waals surface area (Å²) >= 11 is 7.12. The van der Waals surface area contributed by atoms with Crippen molar-refractivity contribution in [2.75, 3.05) is 24.4 Å². The highest BCUT2D eigenvalue weighted by molar-refractivity contribution is 8.15. The van der Waals surface area contributed by atoms with Crippen LogP contribution in [0.5, 0.6) is 5.75 Å². The first kappa shape index (κ1) is 19.3. The van der Waals surface area contributed by atoms with Gasteiger partial charge in [0.15, 0.2) is 5.17 Å². The molecule has 140 valence electrons. The van der Waals surface area contributed by atoms with Crippen molar-refractivity contribution in [1.29, 1.82) is 0 Å². The standard InChI is InChI=1S/C19H18ClN3O3S/c1-21-19(22-13-5-9-15(26-2)10-6-13)27-16-11-17(24)23(18(16)25)14-7-3-12(20)4-8-14/h3-10,16H,11H2,1-2H3,(H,21,22). The van der Waals surface area contributed by atoms with Crippen molar-refractivity contribution in [2.45, 2.75) is 11.7 Å². The lowest BCUT2D eigenvalue weighted by molar-refractivity contribution is -0.121. The Labute approximate surface area is 166 Å². The summed E-state index contributed by atoms with van der Waals surface area (Å²) in [6, 6.07) is 14.0. The zero-order chi connectivity index (χ0) is 19.4. The van der Waals surface area contributed by atoms with Gasteiger partial charge in [-0.1, -0.05) is 23.4 Å². The van der Waals surface area contributed by atoms with Crippen LogP contribution in [0.4, 0.5) is 11.4 Å². The Bertz CT molecular complexity index is 869. The molecule has 1 heterocycles. The first-order chi connectivity index (χ1) is 13.0. The zero-order valence-electron chi connectivity index (χ0n) is 14.8. The largest absolute Gasteiger partial charge is 0.497 e. The Hall–Kier alpha value is -2.51. The van der Waals surface area contributed by atoms with E-state index >= 15 is 0 Å². The van der Waals surface area contributed by atoms with Crippen molar-refractivity contribution < 1.29 is 14.3 Å². The van der Waals surface area contributed by atoms with Gasteiger partial charge < -0.3 is 10.1 Å². The zero-order valence-corrected chi connectivity index (χ0v) is 16.4. The molecular formula is C19H18ClN3O3S. The fourth-order valence-corrected chi connectivity index (χ4v) is 3.74. The number of amides is 2. The van der Waals surface area contributed by atoms with Gasteiger partial charge in [-0.05, 0) is 48.5 Å². The van der Waals surface area contributed by atoms with Gasteiger partial charge in [0, 0.05) is 24.2 Å². The number of ether oxygens (including phenoxy) is 1. The topological polar surface area (TPSA) is 71.0 Å². The van der Waals surface area contributed by atoms with Crippen molar-refractivity contribution in [3.8, 4) is 5.75 Å². The van der Waals surface area contributed by atoms with E-state index in [1.54, 1.807) is 38.4 Å². The SMILES string of the molecule is CN=C(Nc1ccc(OC)cc1)SC1CC(=O)N(c2ccc(Cl)cc2)C1=O. The number of methoxy groups -OCH3 is 1. The highest BCUT2D eigenvalue weighted by Crippen LogP contribution is 2.31. The van der Waals surface area contributed by atoms with Gasteiger partial charge in [-0.15, -0.1) is 0 Å². The molecule has 0 aromatic heterocycles. The molecule has 0 saturated carbocycles. The molecule has 6 nitrogen and oxygen atoms in total. The molecule has 1 unspecified atom stereocenters. The van der Waals surface area contributed by atoms with Gasteiger partial charge >= 0.3 is 0 Å². The molecule has 8 heteroatoms. The van der Waals surface area contributed by atoms with Gasteiger partial charge in [0.05, 0.1) is 12.8 Å². The number of anilines is 2. The van der Waals surface area contributed by atoms with E-state index in [0.29, 0.717) is 15.9 Å². The maximum Gasteiger partial charge on any atom is 0.247 e. The van der Waals surface area contributed by atoms with Crippen molar-refractivity contribution in [2.24, 2.45) is 4.99 Å². The van der Waals surface area contributed by atoms with E-state index in [-0.39, 0.29) is 18.2 Å². The molecule has 1 N–H and O–H groups in total. The Morgan fingerprint density at radius 2 is 1.85 bits per heavy atom. The van der Waals surface area contributed by atoms with Crippen LogP contribution < -0.4 is 15.0 Å². The highest BCUT2D eigenvalue weighted by atomic mass is 35.5. The number of hydrogen-bond donors (Lipinski definition) is 1. The first-order valence-electron chi connectivity index (χ1n) is 8.18. The minimum atomic E-state index is -0.530. The number of hydrogen-bond acceptors (Lipinski definition) is 5. The number of carbonyl (C=O) groups excluding carboxylic acids is 2. The Morgan fingerprint density at radius 1 is 1.19 bits per heavy atom. The average molecular weight is 404 g/mol. The monoisotopic (exact) mass is 403 g/mol. The van der Waals surface area contributed by atoms with E-state index in [9.17, 15) is 9.59 Å². The quantitative estimate of drug-likeness (QED) is 0.477. The minimum absolute atomic E-state index is 0.120. The van der Waals surface area contributed by atoms with E-state index in [0.717, 1.165) is 11.4 Å². The van der Waals surface area contributed by atoms with Gasteiger partial charge in [-0.2, -0.15) is 0 Å². The number of amidine groups is 1. The van der Waals surface area contributed by atoms with Crippen LogP contribution in [-0.4, -0.2) is 36.4 Å². The molecule has 27 heavy (non-hydrogen) atoms. The van der Waals surface area contributed by atoms with Crippen LogP contribution in [0.3, 0.4) is 0 Å². The molecule has 0 aliphatic carbocycles. The normalized spacial score (nSPS) is 17.4. The van der Waals surface area contributed by atoms with Crippen LogP contribution in [0.1, 0.15) is 6.42 Å². The molecule has 0 bridgehead atoms. The Morgan fingerprint density at radius 3 is 2.44 bits per heavy atom. The fraction of sp³-hybridized carbons (Fsp3) is 0.211. The number of benzene rings is 2. The number of rotatable bonds is 4. The minimum Gasteiger partial charge on any atom is -0.497 e. The van der Waals surface area contributed by atoms with E-state index in [1.807, 2.05) is 24.3 Å². The lowest BCUT2D eigenvalue weighted by Crippen LogP contribution is -2.31. The third kappa shape index (κ3) is 4.43. The smallest absolute Gasteiger partial charge is 0.247 e. The molecule has 1 aliphatic heterocycles. The number of nitrogens with one attached hydrogen (secondary N) is 1. The summed E-state index contributed by atoms with van der Waals surface area (Å²) in [5.41, 5.74) is 1.34. The molecule has 1 aliphatic rings. The molecule has 3 rings (SSSR count). The average Bonchev–Trinajstić information content (AvgIpc) is 2.96. The van der Waals surface area contributed by atoms with E-state index < -0.39 is 5.25 Å². The summed E-state index contributed by atoms with van der Waals surface area (Å²) in [6.45, 7) is 0. The number of thioether (sulfide) groups is 1. The number of halogens is 1. The van der Waals surface area contributed by atoms with Crippen LogP contribution in [0.2, 0.25) is 5.02 Å². The second-order valence-electron chi connectivity index (χ2n) is 5.74. The fourth-order valence-electron chi connectivity index (χ4n) is 2.63. The van der Waals surface area contributed by atoms with E-state index in [4.69, 9.17) is 16.3 Å². The van der Waals surface area contributed by atoms with Crippen LogP contribution in [0, 0.1) is 0 Å². The van der Waals surface area contributed by atoms with Gasteiger partial charge in [0.25, 0.3) is 0 Å². The van der Waals surface area contributed by atoms with Gasteiger partial charge in [-0.25, -0.2) is 4.90 Å². The van der Waals surface area contributed by atoms with Gasteiger partial charge in [0.1, 0.15) is 11.0 Å². The van der Waals surface area contributed by atoms with Gasteiger partial charge in [0.2, 0.25) is 11.8 Å². The van der Waals surface area contributed by atoms with Crippen LogP contribution in [0.15, 0.2) is 53.5 Å². The molecule has 1 atom stereocenters. The predicted octanol–water partition coefficient (Wildman–Crippen LogP) is 3.81. The van der Waals surface area contributed by atoms with Crippen molar-refractivity contribution in [1.82, 2.24) is 0 Å². The molecule has 1 saturated heterocycles. The maximum atomic E-state index is 12.7. The number of nitrogens with zero attached hydrogens (tertiary/aromatic N) is 2. The number of imide groups is 1. The van der Waals surface area contributed by atoms with Crippen LogP contribution in [-0.2, 0) is 9.59 Å². The third-order valence-corrected chi connectivity index (χ3v) is 5.40. The molecule has 0 radical (unpaired) electrons. The summed E-state index contributed by atoms with van der Waals surface area (Å²) in [6.07, 6.45) is 0.120. The summed E-state index contributed by atoms with van der Waals surface area (Å²) < 4.78 is 5.14. The maximum absolute atomic E-state index is 12.7. The molecule has 2 amide bonds. The Balaban J connectivity index is 1.69. The molecule has 1 fully saturated rings. The Kier molecular flexibility index (Phi) is 6.03. The second-order valence-corrected chi connectivity index (χ2v) is 7.36. The summed E-state index contributed by atoms with van der Waals surface area (Å²) in [5, 5.41) is 3.74. The summed E-state index contributed by atoms with van der Waals surface area (Å²) in [5.74, 6) is 0.253. The number of aliphatic imine (C=N–C) groups is 1. The lowest BCUT2D eigenvalue weighted by atomic mass is 10.3. The van der Waals surface area contributed by atoms with Crippen molar-refractivity contribution in [3.05, 3.63) is 53.6 Å². The van der Waals surface area contributed by atoms with Crippen molar-refractivity contribution >= 4 is 51.7 Å². The second kappa shape index (κ2) is 8.45. The first-order valence-corrected chi connectivity index (χ1v) is 9.44. The van der Waals surface area contributed by atoms with E-state index in [1.165, 1.54) is 16.7 Å². The summed E-state index contributed by atoms with van der Waals surface area (Å²) in [4.78, 5) is 30.5. The molecule has 2 aromatic rings. The molecule has 0 spiro atoms. The van der Waals surface area contributed by atoms with Gasteiger partial charge in [-0.3, -0.25) is 14.6 Å².